The number of ether oxygens (including phenoxy) is 2. The number of aromatic nitrogens is 6. The third-order valence-corrected chi connectivity index (χ3v) is 6.12. The van der Waals surface area contributed by atoms with E-state index in [1.165, 1.54) is 48.6 Å². The van der Waals surface area contributed by atoms with Crippen LogP contribution in [0.2, 0.25) is 5.02 Å². The Balaban J connectivity index is 1.48. The second kappa shape index (κ2) is 9.73. The van der Waals surface area contributed by atoms with Crippen molar-refractivity contribution >= 4 is 17.5 Å². The van der Waals surface area contributed by atoms with Gasteiger partial charge in [-0.1, -0.05) is 23.7 Å². The number of hydrogen-bond donors (Lipinski definition) is 1. The number of rotatable bonds is 6. The van der Waals surface area contributed by atoms with Gasteiger partial charge in [-0.3, -0.25) is 9.89 Å². The highest BCUT2D eigenvalue weighted by molar-refractivity contribution is 6.32. The monoisotopic (exact) mass is 533 g/mol. The van der Waals surface area contributed by atoms with Gasteiger partial charge in [-0.25, -0.2) is 4.98 Å². The fourth-order valence-corrected chi connectivity index (χ4v) is 4.47. The van der Waals surface area contributed by atoms with E-state index in [0.29, 0.717) is 36.6 Å². The van der Waals surface area contributed by atoms with Crippen LogP contribution in [0.5, 0.6) is 11.5 Å². The number of carbonyl (C=O) groups excluding carboxylic acids is 1. The Morgan fingerprint density at radius 3 is 2.65 bits per heavy atom. The molecule has 2 aromatic heterocycles. The molecule has 10 nitrogen and oxygen atoms in total. The number of likely N-dealkylation sites (tertiary alicyclic amines) is 1. The standard InChI is InChI=1S/C23H19ClF3N7O3/c1-36-19-11-14(17(12-15(19)24)34-28-8-9-29-34)22(35)33-10-4-6-16(33)21-30-20(31-32-21)13-5-2-3-7-18(13)37-23(25,26)27/h2-3,5,7-9,11-12,16H,4,6,10H2,1H3,(H,30,31,32). The van der Waals surface area contributed by atoms with Crippen LogP contribution in [0.4, 0.5) is 13.2 Å². The third-order valence-electron chi connectivity index (χ3n) is 5.82. The molecule has 1 atom stereocenters. The maximum atomic E-state index is 13.8. The van der Waals surface area contributed by atoms with Gasteiger partial charge in [0.1, 0.15) is 23.0 Å². The molecule has 0 radical (unpaired) electrons. The van der Waals surface area contributed by atoms with E-state index in [9.17, 15) is 18.0 Å². The second-order valence-electron chi connectivity index (χ2n) is 8.07. The molecule has 1 aliphatic heterocycles. The number of aromatic amines is 1. The molecular weight excluding hydrogens is 515 g/mol. The molecule has 1 saturated heterocycles. The molecule has 5 rings (SSSR count). The van der Waals surface area contributed by atoms with Crippen molar-refractivity contribution in [1.82, 2.24) is 35.1 Å². The van der Waals surface area contributed by atoms with Gasteiger partial charge >= 0.3 is 6.36 Å². The molecule has 0 aliphatic carbocycles. The first-order valence-electron chi connectivity index (χ1n) is 11.1. The van der Waals surface area contributed by atoms with Gasteiger partial charge in [0.2, 0.25) is 0 Å². The molecule has 0 spiro atoms. The van der Waals surface area contributed by atoms with E-state index in [1.54, 1.807) is 17.0 Å². The molecule has 2 aromatic carbocycles. The van der Waals surface area contributed by atoms with Crippen LogP contribution in [-0.4, -0.2) is 61.0 Å². The van der Waals surface area contributed by atoms with Crippen LogP contribution < -0.4 is 9.47 Å². The van der Waals surface area contributed by atoms with Gasteiger partial charge in [0, 0.05) is 6.54 Å². The molecule has 0 bridgehead atoms. The minimum Gasteiger partial charge on any atom is -0.495 e. The molecule has 1 unspecified atom stereocenters. The van der Waals surface area contributed by atoms with Crippen molar-refractivity contribution in [1.29, 1.82) is 0 Å². The summed E-state index contributed by atoms with van der Waals surface area (Å²) in [5.41, 5.74) is 0.684. The number of para-hydroxylation sites is 1. The lowest BCUT2D eigenvalue weighted by atomic mass is 10.1. The van der Waals surface area contributed by atoms with Gasteiger partial charge in [0.05, 0.1) is 41.7 Å². The van der Waals surface area contributed by atoms with Crippen LogP contribution in [-0.2, 0) is 0 Å². The Bertz CT molecular complexity index is 1430. The summed E-state index contributed by atoms with van der Waals surface area (Å²) in [4.78, 5) is 21.1. The lowest BCUT2D eigenvalue weighted by Gasteiger charge is -2.24. The molecule has 14 heteroatoms. The number of hydrogen-bond acceptors (Lipinski definition) is 7. The van der Waals surface area contributed by atoms with Gasteiger partial charge in [-0.2, -0.15) is 20.1 Å². The lowest BCUT2D eigenvalue weighted by Crippen LogP contribution is -2.32. The number of benzene rings is 2. The number of nitrogens with zero attached hydrogens (tertiary/aromatic N) is 6. The van der Waals surface area contributed by atoms with Crippen LogP contribution in [0, 0.1) is 0 Å². The van der Waals surface area contributed by atoms with Gasteiger partial charge < -0.3 is 14.4 Å². The number of methoxy groups -OCH3 is 1. The van der Waals surface area contributed by atoms with Gasteiger partial charge in [0.25, 0.3) is 5.91 Å². The third kappa shape index (κ3) is 4.94. The largest absolute Gasteiger partial charge is 0.573 e. The van der Waals surface area contributed by atoms with E-state index in [1.807, 2.05) is 0 Å². The summed E-state index contributed by atoms with van der Waals surface area (Å²) in [5, 5.41) is 15.4. The molecule has 37 heavy (non-hydrogen) atoms. The summed E-state index contributed by atoms with van der Waals surface area (Å²) >= 11 is 6.30. The quantitative estimate of drug-likeness (QED) is 0.386. The average Bonchev–Trinajstić information content (AvgIpc) is 3.64. The summed E-state index contributed by atoms with van der Waals surface area (Å²) in [7, 11) is 1.44. The lowest BCUT2D eigenvalue weighted by molar-refractivity contribution is -0.274. The van der Waals surface area contributed by atoms with Crippen molar-refractivity contribution in [2.75, 3.05) is 13.7 Å². The topological polar surface area (TPSA) is 111 Å². The zero-order valence-corrected chi connectivity index (χ0v) is 20.0. The Morgan fingerprint density at radius 1 is 1.16 bits per heavy atom. The molecule has 4 aromatic rings. The number of halogens is 4. The van der Waals surface area contributed by atoms with Crippen LogP contribution in [0.25, 0.3) is 17.1 Å². The number of alkyl halides is 3. The van der Waals surface area contributed by atoms with Crippen molar-refractivity contribution in [2.24, 2.45) is 0 Å². The molecular formula is C23H19ClF3N7O3. The number of nitrogens with one attached hydrogen (secondary N) is 1. The van der Waals surface area contributed by atoms with Crippen molar-refractivity contribution in [3.63, 3.8) is 0 Å². The van der Waals surface area contributed by atoms with E-state index in [2.05, 4.69) is 30.1 Å². The Kier molecular flexibility index (Phi) is 6.46. The first-order chi connectivity index (χ1) is 17.7. The Hall–Kier alpha value is -4.13. The van der Waals surface area contributed by atoms with Crippen molar-refractivity contribution < 1.29 is 27.4 Å². The number of amides is 1. The molecule has 3 heterocycles. The summed E-state index contributed by atoms with van der Waals surface area (Å²) in [6, 6.07) is 8.15. The molecule has 0 saturated carbocycles. The van der Waals surface area contributed by atoms with E-state index in [0.717, 1.165) is 0 Å². The highest BCUT2D eigenvalue weighted by Gasteiger charge is 2.36. The minimum atomic E-state index is -4.87. The van der Waals surface area contributed by atoms with Crippen molar-refractivity contribution in [3.8, 4) is 28.6 Å². The average molecular weight is 534 g/mol. The predicted molar refractivity (Wildman–Crippen MR) is 124 cm³/mol. The first-order valence-corrected chi connectivity index (χ1v) is 11.5. The van der Waals surface area contributed by atoms with Gasteiger partial charge in [-0.15, -0.1) is 13.2 Å². The summed E-state index contributed by atoms with van der Waals surface area (Å²) in [6.07, 6.45) is -0.672. The summed E-state index contributed by atoms with van der Waals surface area (Å²) in [5.74, 6) is -0.112. The van der Waals surface area contributed by atoms with E-state index >= 15 is 0 Å². The normalized spacial score (nSPS) is 15.7. The van der Waals surface area contributed by atoms with Crippen molar-refractivity contribution in [3.05, 3.63) is 65.2 Å². The van der Waals surface area contributed by atoms with E-state index in [-0.39, 0.29) is 27.9 Å². The maximum Gasteiger partial charge on any atom is 0.573 e. The molecule has 1 amide bonds. The fraction of sp³-hybridized carbons (Fsp3) is 0.261. The fourth-order valence-electron chi connectivity index (χ4n) is 4.23. The Morgan fingerprint density at radius 2 is 1.92 bits per heavy atom. The molecule has 1 fully saturated rings. The van der Waals surface area contributed by atoms with Crippen LogP contribution in [0.3, 0.4) is 0 Å². The van der Waals surface area contributed by atoms with Crippen LogP contribution in [0.1, 0.15) is 35.1 Å². The zero-order chi connectivity index (χ0) is 26.2. The molecule has 192 valence electrons. The molecule has 1 N–H and O–H groups in total. The number of H-pyrrole nitrogens is 1. The highest BCUT2D eigenvalue weighted by atomic mass is 35.5. The van der Waals surface area contributed by atoms with Crippen LogP contribution >= 0.6 is 11.6 Å². The van der Waals surface area contributed by atoms with E-state index < -0.39 is 18.2 Å². The van der Waals surface area contributed by atoms with Crippen molar-refractivity contribution in [2.45, 2.75) is 25.2 Å². The van der Waals surface area contributed by atoms with Gasteiger partial charge in [0.15, 0.2) is 5.82 Å². The minimum absolute atomic E-state index is 0.0174. The SMILES string of the molecule is COc1cc(C(=O)N2CCCC2c2nc(-c3ccccc3OC(F)(F)F)n[nH]2)c(-n2nccn2)cc1Cl. The van der Waals surface area contributed by atoms with Gasteiger partial charge in [-0.05, 0) is 37.1 Å². The predicted octanol–water partition coefficient (Wildman–Crippen LogP) is 4.59. The zero-order valence-electron chi connectivity index (χ0n) is 19.2. The molecule has 1 aliphatic rings. The highest BCUT2D eigenvalue weighted by Crippen LogP contribution is 2.37. The summed E-state index contributed by atoms with van der Waals surface area (Å²) < 4.78 is 48.0. The first kappa shape index (κ1) is 24.6. The second-order valence-corrected chi connectivity index (χ2v) is 8.47. The summed E-state index contributed by atoms with van der Waals surface area (Å²) in [6.45, 7) is 0.421. The number of carbonyl (C=O) groups is 1. The van der Waals surface area contributed by atoms with E-state index in [4.69, 9.17) is 16.3 Å². The maximum absolute atomic E-state index is 13.8. The van der Waals surface area contributed by atoms with Crippen LogP contribution in [0.15, 0.2) is 48.8 Å². The smallest absolute Gasteiger partial charge is 0.495 e. The Labute approximate surface area is 213 Å².